The summed E-state index contributed by atoms with van der Waals surface area (Å²) in [5, 5.41) is 0. The van der Waals surface area contributed by atoms with Crippen molar-refractivity contribution in [3.8, 4) is 0 Å². The highest BCUT2D eigenvalue weighted by molar-refractivity contribution is 7.45. The largest absolute Gasteiger partial charge is 0.466 e. The van der Waals surface area contributed by atoms with Gasteiger partial charge in [-0.25, -0.2) is 24.1 Å². The third-order valence-electron chi connectivity index (χ3n) is 5.51. The quantitative estimate of drug-likeness (QED) is 0.481. The first kappa shape index (κ1) is 17.8. The van der Waals surface area contributed by atoms with Gasteiger partial charge in [0.25, 0.3) is 0 Å². The van der Waals surface area contributed by atoms with Gasteiger partial charge in [0.1, 0.15) is 25.9 Å². The van der Waals surface area contributed by atoms with Crippen molar-refractivity contribution in [3.63, 3.8) is 0 Å². The Bertz CT molecular complexity index is 395. The van der Waals surface area contributed by atoms with Crippen molar-refractivity contribution in [2.45, 2.75) is 44.6 Å². The van der Waals surface area contributed by atoms with Crippen LogP contribution in [-0.4, -0.2) is 40.6 Å². The van der Waals surface area contributed by atoms with E-state index in [1.165, 1.54) is 38.5 Å². The van der Waals surface area contributed by atoms with E-state index in [1.807, 2.05) is 0 Å². The predicted octanol–water partition coefficient (Wildman–Crippen LogP) is 1.55. The van der Waals surface area contributed by atoms with Crippen LogP contribution in [0.15, 0.2) is 0 Å². The van der Waals surface area contributed by atoms with E-state index >= 15 is 0 Å². The molecule has 2 aliphatic heterocycles. The van der Waals surface area contributed by atoms with Gasteiger partial charge in [-0.3, -0.25) is 0 Å². The van der Waals surface area contributed by atoms with E-state index < -0.39 is 7.82 Å². The molecule has 1 unspecified atom stereocenters. The molecule has 1 atom stereocenters. The molecule has 4 saturated carbocycles. The second-order valence-electron chi connectivity index (χ2n) is 7.31. The summed E-state index contributed by atoms with van der Waals surface area (Å²) >= 11 is 0. The Morgan fingerprint density at radius 2 is 1.17 bits per heavy atom. The Morgan fingerprint density at radius 3 is 1.39 bits per heavy atom. The zero-order valence-electron chi connectivity index (χ0n) is 13.0. The van der Waals surface area contributed by atoms with Crippen molar-refractivity contribution < 1.29 is 38.8 Å². The summed E-state index contributed by atoms with van der Waals surface area (Å²) in [5.74, 6) is 3.10. The summed E-state index contributed by atoms with van der Waals surface area (Å²) < 4.78 is 8.88. The molecule has 0 aromatic rings. The minimum atomic E-state index is -4.64. The van der Waals surface area contributed by atoms with Gasteiger partial charge in [0.15, 0.2) is 0 Å². The Hall–Kier alpha value is -0.0500. The lowest BCUT2D eigenvalue weighted by molar-refractivity contribution is -0.454. The maximum Gasteiger partial charge on any atom is 0.466 e. The average Bonchev–Trinajstić information content (AvgIpc) is 2.17. The molecule has 6 fully saturated rings. The lowest BCUT2D eigenvalue weighted by Gasteiger charge is -2.59. The van der Waals surface area contributed by atoms with Gasteiger partial charge in [-0.05, 0) is 56.3 Å². The standard InChI is InChI=1S/C12H18O2.C2H4O2.H3O4P/c1-8-2-10-3-9(1)5-12(4-8,6-10)11-7-13-14-11;1-2-4-3-1;1-5(2,3)4/h8-11H,1-7H2;1-2H2;(H3,1,2,3,4). The molecule has 9 heteroatoms. The van der Waals surface area contributed by atoms with Gasteiger partial charge in [0.05, 0.1) is 0 Å². The van der Waals surface area contributed by atoms with Crippen molar-refractivity contribution in [1.29, 1.82) is 0 Å². The van der Waals surface area contributed by atoms with Crippen LogP contribution in [0.3, 0.4) is 0 Å². The first-order valence-electron chi connectivity index (χ1n) is 8.15. The van der Waals surface area contributed by atoms with Crippen molar-refractivity contribution in [3.05, 3.63) is 0 Å². The van der Waals surface area contributed by atoms with Crippen LogP contribution in [0.2, 0.25) is 0 Å². The lowest BCUT2D eigenvalue weighted by Crippen LogP contribution is -2.56. The van der Waals surface area contributed by atoms with Gasteiger partial charge in [-0.15, -0.1) is 0 Å². The Labute approximate surface area is 135 Å². The van der Waals surface area contributed by atoms with Crippen LogP contribution < -0.4 is 0 Å². The third kappa shape index (κ3) is 4.74. The van der Waals surface area contributed by atoms with Crippen molar-refractivity contribution in [2.24, 2.45) is 23.2 Å². The molecule has 23 heavy (non-hydrogen) atoms. The Balaban J connectivity index is 0.000000145. The molecular weight excluding hydrogens is 327 g/mol. The summed E-state index contributed by atoms with van der Waals surface area (Å²) in [7, 11) is -4.64. The van der Waals surface area contributed by atoms with Crippen LogP contribution in [0.1, 0.15) is 38.5 Å². The van der Waals surface area contributed by atoms with Crippen molar-refractivity contribution in [1.82, 2.24) is 0 Å². The molecule has 0 aromatic heterocycles. The smallest absolute Gasteiger partial charge is 0.303 e. The summed E-state index contributed by atoms with van der Waals surface area (Å²) in [6.45, 7) is 2.42. The monoisotopic (exact) mass is 352 g/mol. The molecule has 0 amide bonds. The van der Waals surface area contributed by atoms with Gasteiger partial charge in [0, 0.05) is 5.41 Å². The van der Waals surface area contributed by atoms with Gasteiger partial charge in [0.2, 0.25) is 0 Å². The molecule has 134 valence electrons. The number of hydrogen-bond acceptors (Lipinski definition) is 5. The van der Waals surface area contributed by atoms with Crippen LogP contribution in [0.25, 0.3) is 0 Å². The van der Waals surface area contributed by atoms with Crippen LogP contribution in [0.5, 0.6) is 0 Å². The number of phosphoric acid groups is 1. The molecule has 2 saturated heterocycles. The van der Waals surface area contributed by atoms with Gasteiger partial charge >= 0.3 is 7.82 Å². The predicted molar refractivity (Wildman–Crippen MR) is 77.6 cm³/mol. The highest BCUT2D eigenvalue weighted by atomic mass is 31.2. The zero-order chi connectivity index (χ0) is 16.5. The first-order valence-corrected chi connectivity index (χ1v) is 9.71. The van der Waals surface area contributed by atoms with Gasteiger partial charge in [-0.2, -0.15) is 0 Å². The van der Waals surface area contributed by atoms with E-state index in [1.54, 1.807) is 0 Å². The van der Waals surface area contributed by atoms with Crippen molar-refractivity contribution >= 4 is 7.82 Å². The highest BCUT2D eigenvalue weighted by Gasteiger charge is 2.56. The zero-order valence-corrected chi connectivity index (χ0v) is 13.9. The topological polar surface area (TPSA) is 115 Å². The van der Waals surface area contributed by atoms with Crippen LogP contribution in [-0.2, 0) is 24.1 Å². The van der Waals surface area contributed by atoms with E-state index in [0.29, 0.717) is 11.5 Å². The number of hydrogen-bond donors (Lipinski definition) is 3. The minimum Gasteiger partial charge on any atom is -0.303 e. The van der Waals surface area contributed by atoms with Gasteiger partial charge in [-0.1, -0.05) is 0 Å². The Morgan fingerprint density at radius 1 is 0.826 bits per heavy atom. The highest BCUT2D eigenvalue weighted by Crippen LogP contribution is 2.62. The fourth-order valence-corrected chi connectivity index (χ4v) is 5.07. The average molecular weight is 352 g/mol. The second-order valence-corrected chi connectivity index (χ2v) is 8.33. The van der Waals surface area contributed by atoms with E-state index in [9.17, 15) is 0 Å². The molecule has 2 heterocycles. The van der Waals surface area contributed by atoms with E-state index in [2.05, 4.69) is 9.78 Å². The SMILES string of the molecule is C1C2CC3CC1CC(C1COO1)(C2)C3.C1COO1.O=P(O)(O)O. The maximum atomic E-state index is 8.88. The van der Waals surface area contributed by atoms with E-state index in [0.717, 1.165) is 37.6 Å². The summed E-state index contributed by atoms with van der Waals surface area (Å²) in [4.78, 5) is 40.2. The minimum absolute atomic E-state index is 0.455. The van der Waals surface area contributed by atoms with E-state index in [-0.39, 0.29) is 0 Å². The molecule has 3 N–H and O–H groups in total. The lowest BCUT2D eigenvalue weighted by atomic mass is 9.48. The second kappa shape index (κ2) is 7.06. The molecular formula is C14H25O8P. The molecule has 0 spiro atoms. The molecule has 0 aromatic carbocycles. The molecule has 0 radical (unpaired) electrons. The third-order valence-corrected chi connectivity index (χ3v) is 5.51. The molecule has 6 rings (SSSR count). The fourth-order valence-electron chi connectivity index (χ4n) is 5.07. The van der Waals surface area contributed by atoms with Crippen LogP contribution >= 0.6 is 7.82 Å². The van der Waals surface area contributed by atoms with E-state index in [4.69, 9.17) is 29.0 Å². The normalized spacial score (nSPS) is 43.3. The first-order chi connectivity index (χ1) is 10.8. The molecule has 4 bridgehead atoms. The van der Waals surface area contributed by atoms with Crippen LogP contribution in [0, 0.1) is 23.2 Å². The fraction of sp³-hybridized carbons (Fsp3) is 1.00. The molecule has 6 aliphatic rings. The van der Waals surface area contributed by atoms with Crippen LogP contribution in [0.4, 0.5) is 0 Å². The summed E-state index contributed by atoms with van der Waals surface area (Å²) in [5.41, 5.74) is 0.549. The molecule has 8 nitrogen and oxygen atoms in total. The van der Waals surface area contributed by atoms with Gasteiger partial charge < -0.3 is 14.7 Å². The number of rotatable bonds is 1. The molecule has 4 aliphatic carbocycles. The maximum absolute atomic E-state index is 8.88. The summed E-state index contributed by atoms with van der Waals surface area (Å²) in [6.07, 6.45) is 9.33. The summed E-state index contributed by atoms with van der Waals surface area (Å²) in [6, 6.07) is 0. The Kier molecular flexibility index (Phi) is 5.45. The van der Waals surface area contributed by atoms with Crippen molar-refractivity contribution in [2.75, 3.05) is 19.8 Å².